The minimum absolute atomic E-state index is 0.0123. The van der Waals surface area contributed by atoms with Crippen LogP contribution in [0, 0.1) is 22.7 Å². The summed E-state index contributed by atoms with van der Waals surface area (Å²) in [6.07, 6.45) is 8.82. The number of fused-ring (bicyclic) bond motifs is 4. The summed E-state index contributed by atoms with van der Waals surface area (Å²) in [5.74, 6) is 1.29. The third-order valence-corrected chi connectivity index (χ3v) is 8.45. The highest BCUT2D eigenvalue weighted by Crippen LogP contribution is 2.63. The number of allylic oxidation sites excluding steroid dienone is 2. The van der Waals surface area contributed by atoms with E-state index in [0.717, 1.165) is 44.9 Å². The van der Waals surface area contributed by atoms with Crippen LogP contribution in [0.15, 0.2) is 23.0 Å². The number of hydrogen-bond acceptors (Lipinski definition) is 3. The van der Waals surface area contributed by atoms with Crippen molar-refractivity contribution in [2.45, 2.75) is 84.7 Å². The molecule has 0 saturated heterocycles. The lowest BCUT2D eigenvalue weighted by Crippen LogP contribution is -2.54. The summed E-state index contributed by atoms with van der Waals surface area (Å²) >= 11 is 0. The first-order valence-electron chi connectivity index (χ1n) is 10.8. The lowest BCUT2D eigenvalue weighted by Gasteiger charge is -2.55. The van der Waals surface area contributed by atoms with Crippen molar-refractivity contribution in [3.63, 3.8) is 0 Å². The second-order valence-electron chi connectivity index (χ2n) is 9.88. The molecule has 0 heterocycles. The van der Waals surface area contributed by atoms with Gasteiger partial charge in [-0.2, -0.15) is 0 Å². The predicted octanol–water partition coefficient (Wildman–Crippen LogP) is 3.76. The molecule has 4 aliphatic rings. The zero-order valence-corrected chi connectivity index (χ0v) is 17.6. The first kappa shape index (κ1) is 19.5. The Morgan fingerprint density at radius 3 is 2.50 bits per heavy atom. The van der Waals surface area contributed by atoms with Crippen LogP contribution in [-0.4, -0.2) is 29.0 Å². The maximum Gasteiger partial charge on any atom is 0.217 e. The van der Waals surface area contributed by atoms with Gasteiger partial charge in [-0.05, 0) is 80.8 Å². The zero-order chi connectivity index (χ0) is 20.3. The minimum atomic E-state index is -0.296. The van der Waals surface area contributed by atoms with Gasteiger partial charge in [0.2, 0.25) is 11.8 Å². The van der Waals surface area contributed by atoms with Gasteiger partial charge < -0.3 is 15.7 Å². The van der Waals surface area contributed by atoms with E-state index in [1.165, 1.54) is 11.1 Å². The second kappa shape index (κ2) is 6.64. The molecular formula is C23H34N2O3. The van der Waals surface area contributed by atoms with Crippen molar-refractivity contribution in [3.8, 4) is 0 Å². The second-order valence-corrected chi connectivity index (χ2v) is 9.88. The highest BCUT2D eigenvalue weighted by Gasteiger charge is 2.58. The van der Waals surface area contributed by atoms with Gasteiger partial charge in [0.05, 0.1) is 11.8 Å². The van der Waals surface area contributed by atoms with Gasteiger partial charge in [0.15, 0.2) is 0 Å². The van der Waals surface area contributed by atoms with Gasteiger partial charge in [0, 0.05) is 25.3 Å². The monoisotopic (exact) mass is 386 g/mol. The summed E-state index contributed by atoms with van der Waals surface area (Å²) in [7, 11) is 0. The number of aliphatic hydroxyl groups excluding tert-OH is 1. The summed E-state index contributed by atoms with van der Waals surface area (Å²) in [5.41, 5.74) is 2.44. The smallest absolute Gasteiger partial charge is 0.217 e. The van der Waals surface area contributed by atoms with Crippen LogP contribution < -0.4 is 10.6 Å². The maximum atomic E-state index is 12.0. The number of carbonyl (C=O) groups excluding carboxylic acids is 2. The van der Waals surface area contributed by atoms with E-state index in [1.807, 2.05) is 6.08 Å². The number of hydrogen-bond donors (Lipinski definition) is 3. The van der Waals surface area contributed by atoms with Crippen molar-refractivity contribution in [1.29, 1.82) is 0 Å². The number of nitrogens with one attached hydrogen (secondary N) is 2. The Kier molecular flexibility index (Phi) is 4.63. The molecule has 0 bridgehead atoms. The molecular weight excluding hydrogens is 352 g/mol. The molecule has 0 spiro atoms. The Morgan fingerprint density at radius 1 is 1.11 bits per heavy atom. The average molecular weight is 387 g/mol. The van der Waals surface area contributed by atoms with Crippen molar-refractivity contribution >= 4 is 11.8 Å². The molecule has 1 saturated carbocycles. The van der Waals surface area contributed by atoms with Crippen molar-refractivity contribution in [2.24, 2.45) is 22.7 Å². The number of rotatable bonds is 2. The fourth-order valence-corrected chi connectivity index (χ4v) is 7.02. The lowest BCUT2D eigenvalue weighted by molar-refractivity contribution is -0.120. The Morgan fingerprint density at radius 2 is 1.82 bits per heavy atom. The molecule has 6 atom stereocenters. The lowest BCUT2D eigenvalue weighted by atomic mass is 9.51. The summed E-state index contributed by atoms with van der Waals surface area (Å²) in [4.78, 5) is 23.8. The Balaban J connectivity index is 1.81. The molecule has 2 amide bonds. The molecule has 5 nitrogen and oxygen atoms in total. The molecule has 4 aliphatic carbocycles. The van der Waals surface area contributed by atoms with E-state index in [1.54, 1.807) is 13.8 Å². The molecule has 0 radical (unpaired) electrons. The number of amides is 2. The van der Waals surface area contributed by atoms with E-state index in [4.69, 9.17) is 0 Å². The van der Waals surface area contributed by atoms with Crippen LogP contribution in [0.2, 0.25) is 0 Å². The molecule has 0 aromatic heterocycles. The SMILES string of the molecule is CC(=O)N[C@H]1C[C@@H]2CCC=C(O)[C@]2(C)C2=C1[C@@H]1CC[C@H](NC(C)=O)[C@@]1(C)CC2. The standard InChI is InChI=1S/C23H34N2O3/c1-13(26)24-18-12-15-6-5-7-20(28)23(15,4)17-10-11-22(3)16(21(17)18)8-9-19(22)25-14(2)27/h7,15-16,18-19,28H,5-6,8-12H2,1-4H3,(H,24,26)(H,25,27)/t15-,16-,18-,19-,22-,23-/m0/s1. The average Bonchev–Trinajstić information content (AvgIpc) is 2.92. The number of carbonyl (C=O) groups is 2. The van der Waals surface area contributed by atoms with Gasteiger partial charge in [-0.3, -0.25) is 9.59 Å². The first-order chi connectivity index (χ1) is 13.2. The molecule has 154 valence electrons. The normalized spacial score (nSPS) is 42.1. The molecule has 4 rings (SSSR count). The van der Waals surface area contributed by atoms with E-state index in [-0.39, 0.29) is 34.7 Å². The van der Waals surface area contributed by atoms with Gasteiger partial charge >= 0.3 is 0 Å². The summed E-state index contributed by atoms with van der Waals surface area (Å²) in [6.45, 7) is 7.72. The van der Waals surface area contributed by atoms with Crippen molar-refractivity contribution in [3.05, 3.63) is 23.0 Å². The van der Waals surface area contributed by atoms with Crippen LogP contribution in [-0.2, 0) is 9.59 Å². The fourth-order valence-electron chi connectivity index (χ4n) is 7.02. The van der Waals surface area contributed by atoms with E-state index < -0.39 is 0 Å². The van der Waals surface area contributed by atoms with Gasteiger partial charge in [0.25, 0.3) is 0 Å². The van der Waals surface area contributed by atoms with Crippen LogP contribution in [0.4, 0.5) is 0 Å². The summed E-state index contributed by atoms with van der Waals surface area (Å²) in [5, 5.41) is 17.4. The molecule has 28 heavy (non-hydrogen) atoms. The van der Waals surface area contributed by atoms with Gasteiger partial charge in [-0.25, -0.2) is 0 Å². The van der Waals surface area contributed by atoms with E-state index >= 15 is 0 Å². The third kappa shape index (κ3) is 2.73. The largest absolute Gasteiger partial charge is 0.512 e. The van der Waals surface area contributed by atoms with E-state index in [0.29, 0.717) is 17.6 Å². The topological polar surface area (TPSA) is 78.4 Å². The quantitative estimate of drug-likeness (QED) is 0.632. The van der Waals surface area contributed by atoms with Crippen LogP contribution in [0.1, 0.15) is 72.6 Å². The minimum Gasteiger partial charge on any atom is -0.512 e. The molecule has 0 unspecified atom stereocenters. The van der Waals surface area contributed by atoms with Crippen molar-refractivity contribution in [1.82, 2.24) is 10.6 Å². The van der Waals surface area contributed by atoms with E-state index in [9.17, 15) is 14.7 Å². The summed E-state index contributed by atoms with van der Waals surface area (Å²) < 4.78 is 0. The van der Waals surface area contributed by atoms with Crippen molar-refractivity contribution in [2.75, 3.05) is 0 Å². The Labute approximate surface area is 168 Å². The molecule has 1 fully saturated rings. The molecule has 5 heteroatoms. The fraction of sp³-hybridized carbons (Fsp3) is 0.739. The van der Waals surface area contributed by atoms with Crippen LogP contribution in [0.25, 0.3) is 0 Å². The maximum absolute atomic E-state index is 12.0. The highest BCUT2D eigenvalue weighted by molar-refractivity contribution is 5.74. The van der Waals surface area contributed by atoms with Crippen LogP contribution >= 0.6 is 0 Å². The van der Waals surface area contributed by atoms with Crippen LogP contribution in [0.5, 0.6) is 0 Å². The summed E-state index contributed by atoms with van der Waals surface area (Å²) in [6, 6.07) is 0.236. The molecule has 3 N–H and O–H groups in total. The Bertz CT molecular complexity index is 770. The molecule has 0 aliphatic heterocycles. The molecule has 0 aromatic rings. The van der Waals surface area contributed by atoms with Gasteiger partial charge in [-0.1, -0.05) is 12.5 Å². The van der Waals surface area contributed by atoms with Crippen molar-refractivity contribution < 1.29 is 14.7 Å². The predicted molar refractivity (Wildman–Crippen MR) is 108 cm³/mol. The van der Waals surface area contributed by atoms with Crippen LogP contribution in [0.3, 0.4) is 0 Å². The Hall–Kier alpha value is -1.78. The molecule has 0 aromatic carbocycles. The van der Waals surface area contributed by atoms with Gasteiger partial charge in [0.1, 0.15) is 0 Å². The highest BCUT2D eigenvalue weighted by atomic mass is 16.3. The number of aliphatic hydroxyl groups is 1. The zero-order valence-electron chi connectivity index (χ0n) is 17.6. The first-order valence-corrected chi connectivity index (χ1v) is 10.8. The van der Waals surface area contributed by atoms with Gasteiger partial charge in [-0.15, -0.1) is 0 Å². The van der Waals surface area contributed by atoms with E-state index in [2.05, 4.69) is 24.5 Å². The third-order valence-electron chi connectivity index (χ3n) is 8.45.